The fourth-order valence-electron chi connectivity index (χ4n) is 1.59. The Kier molecular flexibility index (Phi) is 9.17. The van der Waals surface area contributed by atoms with Gasteiger partial charge in [-0.2, -0.15) is 0 Å². The molecule has 0 aromatic heterocycles. The van der Waals surface area contributed by atoms with E-state index in [4.69, 9.17) is 0 Å². The van der Waals surface area contributed by atoms with Crippen molar-refractivity contribution in [3.05, 3.63) is 30.1 Å². The van der Waals surface area contributed by atoms with Crippen molar-refractivity contribution in [1.82, 2.24) is 4.90 Å². The average Bonchev–Trinajstić information content (AvgIpc) is 2.36. The Morgan fingerprint density at radius 1 is 1.26 bits per heavy atom. The van der Waals surface area contributed by atoms with Crippen molar-refractivity contribution < 1.29 is 9.18 Å². The predicted molar refractivity (Wildman–Crippen MR) is 79.3 cm³/mol. The highest BCUT2D eigenvalue weighted by atomic mass is 35.5. The number of nitrogens with zero attached hydrogens (tertiary/aromatic N) is 1. The summed E-state index contributed by atoms with van der Waals surface area (Å²) in [5, 5.41) is 2.75. The third kappa shape index (κ3) is 7.80. The largest absolute Gasteiger partial charge is 0.326 e. The van der Waals surface area contributed by atoms with Gasteiger partial charge >= 0.3 is 0 Å². The molecule has 0 bridgehead atoms. The van der Waals surface area contributed by atoms with Gasteiger partial charge in [0, 0.05) is 18.7 Å². The monoisotopic (exact) mass is 288 g/mol. The molecule has 1 aromatic rings. The second-order valence-electron chi connectivity index (χ2n) is 4.46. The smallest absolute Gasteiger partial charge is 0.225 e. The zero-order valence-corrected chi connectivity index (χ0v) is 12.3. The highest BCUT2D eigenvalue weighted by molar-refractivity contribution is 5.90. The van der Waals surface area contributed by atoms with E-state index in [9.17, 15) is 9.18 Å². The molecule has 1 aromatic carbocycles. The Balaban J connectivity index is 0.00000324. The lowest BCUT2D eigenvalue weighted by molar-refractivity contribution is -0.116. The Morgan fingerprint density at radius 2 is 1.89 bits per heavy atom. The van der Waals surface area contributed by atoms with Gasteiger partial charge in [-0.05, 0) is 44.3 Å². The van der Waals surface area contributed by atoms with Gasteiger partial charge in [0.15, 0.2) is 0 Å². The van der Waals surface area contributed by atoms with Gasteiger partial charge in [-0.25, -0.2) is 4.39 Å². The summed E-state index contributed by atoms with van der Waals surface area (Å²) in [7, 11) is 2.01. The molecule has 0 aliphatic carbocycles. The van der Waals surface area contributed by atoms with Gasteiger partial charge in [0.25, 0.3) is 0 Å². The molecule has 19 heavy (non-hydrogen) atoms. The van der Waals surface area contributed by atoms with Crippen LogP contribution in [0.1, 0.15) is 26.2 Å². The summed E-state index contributed by atoms with van der Waals surface area (Å²) < 4.78 is 12.7. The van der Waals surface area contributed by atoms with Crippen molar-refractivity contribution >= 4 is 24.0 Å². The van der Waals surface area contributed by atoms with Crippen LogP contribution in [0.2, 0.25) is 0 Å². The lowest BCUT2D eigenvalue weighted by atomic mass is 10.3. The van der Waals surface area contributed by atoms with Gasteiger partial charge in [0.2, 0.25) is 5.91 Å². The number of carbonyl (C=O) groups is 1. The van der Waals surface area contributed by atoms with E-state index in [0.29, 0.717) is 12.1 Å². The summed E-state index contributed by atoms with van der Waals surface area (Å²) in [6.45, 7) is 3.91. The average molecular weight is 289 g/mol. The molecular weight excluding hydrogens is 267 g/mol. The van der Waals surface area contributed by atoms with E-state index >= 15 is 0 Å². The van der Waals surface area contributed by atoms with Crippen LogP contribution in [0.15, 0.2) is 24.3 Å². The fraction of sp³-hybridized carbons (Fsp3) is 0.500. The number of halogens is 2. The molecule has 0 saturated carbocycles. The van der Waals surface area contributed by atoms with Crippen molar-refractivity contribution in [3.63, 3.8) is 0 Å². The third-order valence-corrected chi connectivity index (χ3v) is 2.74. The van der Waals surface area contributed by atoms with Gasteiger partial charge in [-0.3, -0.25) is 4.79 Å². The molecule has 0 saturated heterocycles. The van der Waals surface area contributed by atoms with Gasteiger partial charge in [-0.15, -0.1) is 12.4 Å². The zero-order chi connectivity index (χ0) is 13.4. The number of amides is 1. The minimum Gasteiger partial charge on any atom is -0.326 e. The molecule has 0 fully saturated rings. The third-order valence-electron chi connectivity index (χ3n) is 2.74. The summed E-state index contributed by atoms with van der Waals surface area (Å²) in [5.74, 6) is -0.336. The van der Waals surface area contributed by atoms with Crippen LogP contribution in [0.25, 0.3) is 0 Å². The molecule has 0 radical (unpaired) electrons. The molecular formula is C14H22ClFN2O. The van der Waals surface area contributed by atoms with Crippen LogP contribution < -0.4 is 5.32 Å². The minimum atomic E-state index is -0.299. The Labute approximate surface area is 120 Å². The second kappa shape index (κ2) is 9.75. The number of hydrogen-bond donors (Lipinski definition) is 1. The van der Waals surface area contributed by atoms with Crippen LogP contribution in [0.4, 0.5) is 10.1 Å². The van der Waals surface area contributed by atoms with Crippen LogP contribution in [-0.4, -0.2) is 30.9 Å². The molecule has 3 nitrogen and oxygen atoms in total. The van der Waals surface area contributed by atoms with Gasteiger partial charge in [-0.1, -0.05) is 13.3 Å². The SMILES string of the molecule is CCCCN(C)CCC(=O)Nc1ccc(F)cc1.Cl. The first kappa shape index (κ1) is 17.9. The van der Waals surface area contributed by atoms with Crippen molar-refractivity contribution in [2.45, 2.75) is 26.2 Å². The van der Waals surface area contributed by atoms with Crippen LogP contribution in [-0.2, 0) is 4.79 Å². The standard InChI is InChI=1S/C14H21FN2O.ClH/c1-3-4-10-17(2)11-9-14(18)16-13-7-5-12(15)6-8-13;/h5-8H,3-4,9-11H2,1-2H3,(H,16,18);1H. The summed E-state index contributed by atoms with van der Waals surface area (Å²) in [6, 6.07) is 5.80. The van der Waals surface area contributed by atoms with E-state index in [2.05, 4.69) is 17.1 Å². The first-order chi connectivity index (χ1) is 8.61. The number of hydrogen-bond acceptors (Lipinski definition) is 2. The topological polar surface area (TPSA) is 32.3 Å². The fourth-order valence-corrected chi connectivity index (χ4v) is 1.59. The Hall–Kier alpha value is -1.13. The predicted octanol–water partition coefficient (Wildman–Crippen LogP) is 3.31. The van der Waals surface area contributed by atoms with Gasteiger partial charge < -0.3 is 10.2 Å². The number of carbonyl (C=O) groups excluding carboxylic acids is 1. The molecule has 0 aliphatic rings. The van der Waals surface area contributed by atoms with Gasteiger partial charge in [0.05, 0.1) is 0 Å². The maximum Gasteiger partial charge on any atom is 0.225 e. The highest BCUT2D eigenvalue weighted by Gasteiger charge is 2.04. The summed E-state index contributed by atoms with van der Waals surface area (Å²) in [6.07, 6.45) is 2.76. The molecule has 1 rings (SSSR count). The van der Waals surface area contributed by atoms with E-state index in [1.165, 1.54) is 12.1 Å². The molecule has 108 valence electrons. The van der Waals surface area contributed by atoms with E-state index in [-0.39, 0.29) is 24.1 Å². The second-order valence-corrected chi connectivity index (χ2v) is 4.46. The lowest BCUT2D eigenvalue weighted by Gasteiger charge is -2.15. The molecule has 0 unspecified atom stereocenters. The van der Waals surface area contributed by atoms with Crippen molar-refractivity contribution in [1.29, 1.82) is 0 Å². The lowest BCUT2D eigenvalue weighted by Crippen LogP contribution is -2.25. The van der Waals surface area contributed by atoms with E-state index in [1.807, 2.05) is 7.05 Å². The summed E-state index contributed by atoms with van der Waals surface area (Å²) >= 11 is 0. The molecule has 5 heteroatoms. The zero-order valence-electron chi connectivity index (χ0n) is 11.5. The minimum absolute atomic E-state index is 0. The maximum absolute atomic E-state index is 12.7. The van der Waals surface area contributed by atoms with Crippen molar-refractivity contribution in [3.8, 4) is 0 Å². The number of rotatable bonds is 7. The van der Waals surface area contributed by atoms with Crippen LogP contribution in [0.3, 0.4) is 0 Å². The Morgan fingerprint density at radius 3 is 2.47 bits per heavy atom. The first-order valence-corrected chi connectivity index (χ1v) is 6.35. The molecule has 0 aliphatic heterocycles. The van der Waals surface area contributed by atoms with Crippen molar-refractivity contribution in [2.75, 3.05) is 25.5 Å². The number of anilines is 1. The molecule has 1 N–H and O–H groups in total. The number of benzene rings is 1. The highest BCUT2D eigenvalue weighted by Crippen LogP contribution is 2.08. The molecule has 0 atom stereocenters. The van der Waals surface area contributed by atoms with Crippen LogP contribution in [0, 0.1) is 5.82 Å². The summed E-state index contributed by atoms with van der Waals surface area (Å²) in [5.41, 5.74) is 0.637. The van der Waals surface area contributed by atoms with Crippen molar-refractivity contribution in [2.24, 2.45) is 0 Å². The normalized spacial score (nSPS) is 10.1. The maximum atomic E-state index is 12.7. The Bertz CT molecular complexity index is 370. The van der Waals surface area contributed by atoms with Crippen LogP contribution >= 0.6 is 12.4 Å². The quantitative estimate of drug-likeness (QED) is 0.835. The number of unbranched alkanes of at least 4 members (excludes halogenated alkanes) is 1. The van der Waals surface area contributed by atoms with Crippen LogP contribution in [0.5, 0.6) is 0 Å². The van der Waals surface area contributed by atoms with E-state index in [1.54, 1.807) is 12.1 Å². The molecule has 1 amide bonds. The van der Waals surface area contributed by atoms with E-state index in [0.717, 1.165) is 25.9 Å². The van der Waals surface area contributed by atoms with Gasteiger partial charge in [0.1, 0.15) is 5.82 Å². The van der Waals surface area contributed by atoms with E-state index < -0.39 is 0 Å². The summed E-state index contributed by atoms with van der Waals surface area (Å²) in [4.78, 5) is 13.8. The molecule has 0 heterocycles. The first-order valence-electron chi connectivity index (χ1n) is 6.35. The number of nitrogens with one attached hydrogen (secondary N) is 1. The molecule has 0 spiro atoms.